The molecule has 1 amide bonds. The highest BCUT2D eigenvalue weighted by Gasteiger charge is 2.35. The second-order valence-electron chi connectivity index (χ2n) is 8.73. The second kappa shape index (κ2) is 10.1. The molecule has 2 unspecified atom stereocenters. The number of carbonyl (C=O) groups is 1. The third-order valence-corrected chi connectivity index (χ3v) is 6.14. The van der Waals surface area contributed by atoms with Crippen LogP contribution in [0.3, 0.4) is 0 Å². The van der Waals surface area contributed by atoms with Crippen LogP contribution in [-0.2, 0) is 12.4 Å². The van der Waals surface area contributed by atoms with E-state index in [9.17, 15) is 36.2 Å². The van der Waals surface area contributed by atoms with Gasteiger partial charge in [-0.05, 0) is 61.7 Å². The van der Waals surface area contributed by atoms with Crippen molar-refractivity contribution >= 4 is 22.5 Å². The molecule has 3 aromatic rings. The van der Waals surface area contributed by atoms with Crippen molar-refractivity contribution in [2.75, 3.05) is 11.9 Å². The molecule has 0 bridgehead atoms. The fourth-order valence-electron chi connectivity index (χ4n) is 4.39. The zero-order valence-electron chi connectivity index (χ0n) is 18.9. The van der Waals surface area contributed by atoms with E-state index in [0.29, 0.717) is 6.07 Å². The van der Waals surface area contributed by atoms with Crippen molar-refractivity contribution in [1.29, 1.82) is 0 Å². The number of fused-ring (bicyclic) bond motifs is 1. The number of carbonyl (C=O) groups excluding carboxylic acids is 1. The maximum Gasteiger partial charge on any atom is 0.418 e. The lowest BCUT2D eigenvalue weighted by Gasteiger charge is -2.26. The van der Waals surface area contributed by atoms with Gasteiger partial charge in [0.25, 0.3) is 5.91 Å². The number of halogens is 6. The monoisotopic (exact) mass is 511 g/mol. The molecule has 1 aromatic heterocycles. The summed E-state index contributed by atoms with van der Waals surface area (Å²) in [6.07, 6.45) is -7.69. The number of aromatic nitrogens is 1. The van der Waals surface area contributed by atoms with E-state index in [4.69, 9.17) is 0 Å². The summed E-state index contributed by atoms with van der Waals surface area (Å²) < 4.78 is 80.3. The van der Waals surface area contributed by atoms with Gasteiger partial charge in [-0.2, -0.15) is 26.3 Å². The van der Waals surface area contributed by atoms with Crippen molar-refractivity contribution in [2.24, 2.45) is 0 Å². The molecule has 1 saturated heterocycles. The van der Waals surface area contributed by atoms with Gasteiger partial charge in [0.15, 0.2) is 0 Å². The number of hydrogen-bond donors (Lipinski definition) is 3. The molecule has 2 heterocycles. The molecular weight excluding hydrogens is 488 g/mol. The SMILES string of the molecule is O=C(Nc1cccc(C(F)(F)F)c1)c1cc(C(O)CC2CCCCN2)c2cccc(C(F)(F)F)c2n1. The molecule has 36 heavy (non-hydrogen) atoms. The molecule has 0 spiro atoms. The Labute approximate surface area is 202 Å². The maximum absolute atomic E-state index is 13.7. The Morgan fingerprint density at radius 3 is 2.47 bits per heavy atom. The van der Waals surface area contributed by atoms with Crippen LogP contribution in [0.15, 0.2) is 48.5 Å². The summed E-state index contributed by atoms with van der Waals surface area (Å²) in [6, 6.07) is 8.41. The molecule has 1 aliphatic rings. The second-order valence-corrected chi connectivity index (χ2v) is 8.73. The summed E-state index contributed by atoms with van der Waals surface area (Å²) in [5.41, 5.74) is -3.17. The van der Waals surface area contributed by atoms with E-state index in [-0.39, 0.29) is 29.1 Å². The zero-order chi connectivity index (χ0) is 26.1. The van der Waals surface area contributed by atoms with E-state index < -0.39 is 46.7 Å². The third-order valence-electron chi connectivity index (χ3n) is 6.14. The van der Waals surface area contributed by atoms with Crippen LogP contribution in [0.5, 0.6) is 0 Å². The van der Waals surface area contributed by atoms with Crippen LogP contribution in [0.1, 0.15) is 59.0 Å². The lowest BCUT2D eigenvalue weighted by molar-refractivity contribution is -0.138. The largest absolute Gasteiger partial charge is 0.418 e. The zero-order valence-corrected chi connectivity index (χ0v) is 18.9. The number of aliphatic hydroxyl groups excluding tert-OH is 1. The average Bonchev–Trinajstić information content (AvgIpc) is 2.82. The van der Waals surface area contributed by atoms with E-state index in [2.05, 4.69) is 15.6 Å². The first-order valence-electron chi connectivity index (χ1n) is 11.3. The standard InChI is InChI=1S/C25H23F6N3O2/c26-24(27,28)14-5-3-7-16(11-14)33-23(36)20-13-18(21(35)12-15-6-1-2-10-32-15)17-8-4-9-19(22(17)34-20)25(29,30)31/h3-5,7-9,11,13,15,21,32,35H,1-2,6,10,12H2,(H,33,36). The van der Waals surface area contributed by atoms with Gasteiger partial charge in [-0.3, -0.25) is 4.79 Å². The number of pyridine rings is 1. The molecule has 2 aromatic carbocycles. The molecule has 1 aliphatic heterocycles. The Bertz CT molecular complexity index is 1250. The summed E-state index contributed by atoms with van der Waals surface area (Å²) >= 11 is 0. The Morgan fingerprint density at radius 1 is 1.06 bits per heavy atom. The fraction of sp³-hybridized carbons (Fsp3) is 0.360. The number of rotatable bonds is 5. The fourth-order valence-corrected chi connectivity index (χ4v) is 4.39. The number of piperidine rings is 1. The molecule has 1 fully saturated rings. The number of anilines is 1. The highest BCUT2D eigenvalue weighted by Crippen LogP contribution is 2.37. The molecule has 2 atom stereocenters. The Kier molecular flexibility index (Phi) is 7.24. The van der Waals surface area contributed by atoms with Crippen molar-refractivity contribution < 1.29 is 36.2 Å². The highest BCUT2D eigenvalue weighted by atomic mass is 19.4. The van der Waals surface area contributed by atoms with Gasteiger partial charge in [0, 0.05) is 17.1 Å². The van der Waals surface area contributed by atoms with Gasteiger partial charge in [0.2, 0.25) is 0 Å². The van der Waals surface area contributed by atoms with Gasteiger partial charge >= 0.3 is 12.4 Å². The minimum Gasteiger partial charge on any atom is -0.388 e. The minimum atomic E-state index is -4.78. The molecular formula is C25H23F6N3O2. The normalized spacial score (nSPS) is 17.7. The number of aliphatic hydroxyl groups is 1. The molecule has 192 valence electrons. The summed E-state index contributed by atoms with van der Waals surface area (Å²) in [5.74, 6) is -1.00. The van der Waals surface area contributed by atoms with Crippen LogP contribution < -0.4 is 10.6 Å². The number of para-hydroxylation sites is 1. The summed E-state index contributed by atoms with van der Waals surface area (Å²) in [6.45, 7) is 0.761. The molecule has 4 rings (SSSR count). The van der Waals surface area contributed by atoms with E-state index in [1.54, 1.807) is 0 Å². The lowest BCUT2D eigenvalue weighted by atomic mass is 9.93. The number of nitrogens with one attached hydrogen (secondary N) is 2. The number of benzene rings is 2. The lowest BCUT2D eigenvalue weighted by Crippen LogP contribution is -2.35. The predicted molar refractivity (Wildman–Crippen MR) is 121 cm³/mol. The van der Waals surface area contributed by atoms with Crippen LogP contribution in [0.4, 0.5) is 32.0 Å². The van der Waals surface area contributed by atoms with E-state index in [1.165, 1.54) is 24.3 Å². The van der Waals surface area contributed by atoms with Gasteiger partial charge in [-0.25, -0.2) is 4.98 Å². The Hall–Kier alpha value is -3.18. The molecule has 3 N–H and O–H groups in total. The molecule has 5 nitrogen and oxygen atoms in total. The van der Waals surface area contributed by atoms with Crippen molar-refractivity contribution in [3.63, 3.8) is 0 Å². The quantitative estimate of drug-likeness (QED) is 0.363. The van der Waals surface area contributed by atoms with Crippen LogP contribution in [-0.4, -0.2) is 28.6 Å². The van der Waals surface area contributed by atoms with Gasteiger partial charge in [0.1, 0.15) is 5.69 Å². The van der Waals surface area contributed by atoms with Crippen LogP contribution in [0.2, 0.25) is 0 Å². The first-order chi connectivity index (χ1) is 16.9. The van der Waals surface area contributed by atoms with Crippen molar-refractivity contribution in [3.05, 3.63) is 70.9 Å². The van der Waals surface area contributed by atoms with E-state index in [0.717, 1.165) is 44.0 Å². The van der Waals surface area contributed by atoms with Crippen molar-refractivity contribution in [3.8, 4) is 0 Å². The maximum atomic E-state index is 13.7. The van der Waals surface area contributed by atoms with E-state index in [1.807, 2.05) is 0 Å². The smallest absolute Gasteiger partial charge is 0.388 e. The number of nitrogens with zero attached hydrogens (tertiary/aromatic N) is 1. The third kappa shape index (κ3) is 5.79. The van der Waals surface area contributed by atoms with Gasteiger partial charge < -0.3 is 15.7 Å². The van der Waals surface area contributed by atoms with Gasteiger partial charge in [-0.15, -0.1) is 0 Å². The molecule has 0 saturated carbocycles. The van der Waals surface area contributed by atoms with E-state index >= 15 is 0 Å². The summed E-state index contributed by atoms with van der Waals surface area (Å²) in [4.78, 5) is 16.8. The predicted octanol–water partition coefficient (Wildman–Crippen LogP) is 6.09. The van der Waals surface area contributed by atoms with Crippen molar-refractivity contribution in [1.82, 2.24) is 10.3 Å². The molecule has 0 aliphatic carbocycles. The number of alkyl halides is 6. The van der Waals surface area contributed by atoms with Gasteiger partial charge in [-0.1, -0.05) is 24.6 Å². The summed E-state index contributed by atoms with van der Waals surface area (Å²) in [7, 11) is 0. The Morgan fingerprint density at radius 2 is 1.81 bits per heavy atom. The highest BCUT2D eigenvalue weighted by molar-refractivity contribution is 6.05. The summed E-state index contributed by atoms with van der Waals surface area (Å²) in [5, 5.41) is 16.6. The van der Waals surface area contributed by atoms with Crippen LogP contribution in [0, 0.1) is 0 Å². The average molecular weight is 511 g/mol. The first kappa shape index (κ1) is 25.9. The minimum absolute atomic E-state index is 0.0451. The molecule has 0 radical (unpaired) electrons. The van der Waals surface area contributed by atoms with Crippen LogP contribution in [0.25, 0.3) is 10.9 Å². The first-order valence-corrected chi connectivity index (χ1v) is 11.3. The Balaban J connectivity index is 1.75. The molecule has 11 heteroatoms. The number of hydrogen-bond acceptors (Lipinski definition) is 4. The number of amides is 1. The van der Waals surface area contributed by atoms with Crippen molar-refractivity contribution in [2.45, 2.75) is 50.2 Å². The van der Waals surface area contributed by atoms with Gasteiger partial charge in [0.05, 0.1) is 22.7 Å². The topological polar surface area (TPSA) is 74.2 Å². The van der Waals surface area contributed by atoms with Crippen LogP contribution >= 0.6 is 0 Å².